The average molecular weight is 284 g/mol. The van der Waals surface area contributed by atoms with Crippen molar-refractivity contribution in [3.8, 4) is 0 Å². The summed E-state index contributed by atoms with van der Waals surface area (Å²) in [5.41, 5.74) is 7.14. The van der Waals surface area contributed by atoms with Gasteiger partial charge in [-0.05, 0) is 41.8 Å². The molecule has 1 aromatic carbocycles. The van der Waals surface area contributed by atoms with E-state index in [1.54, 1.807) is 12.3 Å². The number of esters is 1. The number of anilines is 1. The number of thiophene rings is 1. The molecule has 0 saturated carbocycles. The molecular weight excluding hydrogens is 272 g/mol. The van der Waals surface area contributed by atoms with Crippen molar-refractivity contribution in [3.05, 3.63) is 59.2 Å². The number of hydrogen-bond acceptors (Lipinski definition) is 5. The summed E-state index contributed by atoms with van der Waals surface area (Å²) < 4.78 is 6.27. The number of hydrogen-bond donors (Lipinski definition) is 1. The van der Waals surface area contributed by atoms with Gasteiger partial charge < -0.3 is 10.5 Å². The van der Waals surface area contributed by atoms with E-state index in [1.165, 1.54) is 11.3 Å². The number of carbonyl (C=O) groups excluding carboxylic acids is 1. The van der Waals surface area contributed by atoms with Crippen molar-refractivity contribution >= 4 is 33.1 Å². The van der Waals surface area contributed by atoms with E-state index < -0.39 is 0 Å². The van der Waals surface area contributed by atoms with Crippen LogP contribution in [0.1, 0.15) is 15.4 Å². The zero-order chi connectivity index (χ0) is 13.9. The quantitative estimate of drug-likeness (QED) is 0.592. The summed E-state index contributed by atoms with van der Waals surface area (Å²) in [7, 11) is 0. The molecule has 3 rings (SSSR count). The zero-order valence-electron chi connectivity index (χ0n) is 10.6. The topological polar surface area (TPSA) is 65.2 Å². The molecule has 2 N–H and O–H groups in total. The lowest BCUT2D eigenvalue weighted by atomic mass is 10.2. The van der Waals surface area contributed by atoms with Gasteiger partial charge in [0, 0.05) is 16.6 Å². The number of aromatic nitrogens is 1. The van der Waals surface area contributed by atoms with E-state index in [9.17, 15) is 4.79 Å². The maximum Gasteiger partial charge on any atom is 0.348 e. The van der Waals surface area contributed by atoms with Crippen LogP contribution in [0, 0.1) is 0 Å². The summed E-state index contributed by atoms with van der Waals surface area (Å²) in [5.74, 6) is -0.338. The van der Waals surface area contributed by atoms with Gasteiger partial charge in [0.2, 0.25) is 0 Å². The predicted molar refractivity (Wildman–Crippen MR) is 79.6 cm³/mol. The van der Waals surface area contributed by atoms with Crippen LogP contribution in [0.4, 0.5) is 5.69 Å². The smallest absolute Gasteiger partial charge is 0.348 e. The second-order valence-electron chi connectivity index (χ2n) is 4.31. The molecule has 0 unspecified atom stereocenters. The number of nitrogens with two attached hydrogens (primary N) is 1. The van der Waals surface area contributed by atoms with Gasteiger partial charge in [-0.1, -0.05) is 6.07 Å². The Kier molecular flexibility index (Phi) is 3.35. The zero-order valence-corrected chi connectivity index (χ0v) is 11.4. The van der Waals surface area contributed by atoms with E-state index in [0.29, 0.717) is 10.6 Å². The second kappa shape index (κ2) is 5.30. The highest BCUT2D eigenvalue weighted by Gasteiger charge is 2.12. The number of pyridine rings is 1. The lowest BCUT2D eigenvalue weighted by Gasteiger charge is -2.01. The third-order valence-corrected chi connectivity index (χ3v) is 3.91. The number of fused-ring (bicyclic) bond motifs is 1. The highest BCUT2D eigenvalue weighted by molar-refractivity contribution is 7.20. The standard InChI is InChI=1S/C15H12N2O2S/c16-11-4-5-13-10(7-11)8-14(20-13)15(18)19-9-12-3-1-2-6-17-12/h1-8H,9,16H2. The first kappa shape index (κ1) is 12.6. The maximum atomic E-state index is 12.0. The molecule has 0 saturated heterocycles. The minimum absolute atomic E-state index is 0.177. The van der Waals surface area contributed by atoms with Crippen molar-refractivity contribution in [1.29, 1.82) is 0 Å². The molecular formula is C15H12N2O2S. The largest absolute Gasteiger partial charge is 0.455 e. The molecule has 0 spiro atoms. The molecule has 0 aliphatic rings. The van der Waals surface area contributed by atoms with Crippen LogP contribution in [0.5, 0.6) is 0 Å². The third-order valence-electron chi connectivity index (χ3n) is 2.82. The first-order valence-corrected chi connectivity index (χ1v) is 6.90. The molecule has 100 valence electrons. The van der Waals surface area contributed by atoms with E-state index in [0.717, 1.165) is 15.8 Å². The second-order valence-corrected chi connectivity index (χ2v) is 5.39. The van der Waals surface area contributed by atoms with Crippen LogP contribution >= 0.6 is 11.3 Å². The van der Waals surface area contributed by atoms with Gasteiger partial charge in [-0.25, -0.2) is 4.79 Å². The molecule has 0 bridgehead atoms. The van der Waals surface area contributed by atoms with Crippen LogP contribution in [-0.4, -0.2) is 11.0 Å². The summed E-state index contributed by atoms with van der Waals surface area (Å²) in [4.78, 5) is 16.7. The maximum absolute atomic E-state index is 12.0. The van der Waals surface area contributed by atoms with Crippen LogP contribution in [0.3, 0.4) is 0 Å². The Morgan fingerprint density at radius 1 is 1.25 bits per heavy atom. The Balaban J connectivity index is 1.75. The Morgan fingerprint density at radius 2 is 2.15 bits per heavy atom. The van der Waals surface area contributed by atoms with Gasteiger partial charge in [0.25, 0.3) is 0 Å². The van der Waals surface area contributed by atoms with Gasteiger partial charge in [0.1, 0.15) is 11.5 Å². The van der Waals surface area contributed by atoms with Gasteiger partial charge >= 0.3 is 5.97 Å². The Hall–Kier alpha value is -2.40. The molecule has 5 heteroatoms. The lowest BCUT2D eigenvalue weighted by molar-refractivity contribution is 0.0473. The van der Waals surface area contributed by atoms with Crippen LogP contribution in [0.15, 0.2) is 48.7 Å². The van der Waals surface area contributed by atoms with Gasteiger partial charge in [0.05, 0.1) is 5.69 Å². The number of nitrogens with zero attached hydrogens (tertiary/aromatic N) is 1. The molecule has 2 heterocycles. The monoisotopic (exact) mass is 284 g/mol. The van der Waals surface area contributed by atoms with Gasteiger partial charge in [-0.15, -0.1) is 11.3 Å². The van der Waals surface area contributed by atoms with E-state index in [-0.39, 0.29) is 12.6 Å². The first-order valence-electron chi connectivity index (χ1n) is 6.08. The van der Waals surface area contributed by atoms with Gasteiger partial charge in [-0.2, -0.15) is 0 Å². The minimum Gasteiger partial charge on any atom is -0.455 e. The van der Waals surface area contributed by atoms with Gasteiger partial charge in [-0.3, -0.25) is 4.98 Å². The number of nitrogen functional groups attached to an aromatic ring is 1. The molecule has 0 fully saturated rings. The summed E-state index contributed by atoms with van der Waals surface area (Å²) in [6, 6.07) is 12.9. The minimum atomic E-state index is -0.338. The van der Waals surface area contributed by atoms with Crippen molar-refractivity contribution in [1.82, 2.24) is 4.98 Å². The third kappa shape index (κ3) is 2.62. The fraction of sp³-hybridized carbons (Fsp3) is 0.0667. The summed E-state index contributed by atoms with van der Waals surface area (Å²) >= 11 is 1.40. The summed E-state index contributed by atoms with van der Waals surface area (Å²) in [6.07, 6.45) is 1.67. The van der Waals surface area contributed by atoms with Crippen molar-refractivity contribution in [2.75, 3.05) is 5.73 Å². The van der Waals surface area contributed by atoms with Crippen LogP contribution < -0.4 is 5.73 Å². The van der Waals surface area contributed by atoms with E-state index in [1.807, 2.05) is 36.4 Å². The number of benzene rings is 1. The van der Waals surface area contributed by atoms with Crippen LogP contribution in [0.25, 0.3) is 10.1 Å². The molecule has 4 nitrogen and oxygen atoms in total. The van der Waals surface area contributed by atoms with E-state index in [2.05, 4.69) is 4.98 Å². The fourth-order valence-electron chi connectivity index (χ4n) is 1.86. The molecule has 0 aliphatic carbocycles. The summed E-state index contributed by atoms with van der Waals surface area (Å²) in [5, 5.41) is 0.958. The molecule has 0 atom stereocenters. The number of rotatable bonds is 3. The molecule has 0 aliphatic heterocycles. The fourth-order valence-corrected chi connectivity index (χ4v) is 2.79. The summed E-state index contributed by atoms with van der Waals surface area (Å²) in [6.45, 7) is 0.177. The molecule has 20 heavy (non-hydrogen) atoms. The lowest BCUT2D eigenvalue weighted by Crippen LogP contribution is -2.03. The van der Waals surface area contributed by atoms with E-state index in [4.69, 9.17) is 10.5 Å². The molecule has 3 aromatic rings. The predicted octanol–water partition coefficient (Wildman–Crippen LogP) is 3.24. The Bertz CT molecular complexity index is 753. The molecule has 0 radical (unpaired) electrons. The number of ether oxygens (including phenoxy) is 1. The van der Waals surface area contributed by atoms with Crippen molar-refractivity contribution < 1.29 is 9.53 Å². The molecule has 2 aromatic heterocycles. The Labute approximate surface area is 119 Å². The van der Waals surface area contributed by atoms with Crippen molar-refractivity contribution in [3.63, 3.8) is 0 Å². The normalized spacial score (nSPS) is 10.6. The van der Waals surface area contributed by atoms with E-state index >= 15 is 0 Å². The van der Waals surface area contributed by atoms with Crippen LogP contribution in [0.2, 0.25) is 0 Å². The van der Waals surface area contributed by atoms with Gasteiger partial charge in [0.15, 0.2) is 0 Å². The number of carbonyl (C=O) groups is 1. The highest BCUT2D eigenvalue weighted by Crippen LogP contribution is 2.27. The SMILES string of the molecule is Nc1ccc2sc(C(=O)OCc3ccccn3)cc2c1. The van der Waals surface area contributed by atoms with Crippen molar-refractivity contribution in [2.24, 2.45) is 0 Å². The first-order chi connectivity index (χ1) is 9.72. The molecule has 0 amide bonds. The Morgan fingerprint density at radius 3 is 2.95 bits per heavy atom. The average Bonchev–Trinajstić information content (AvgIpc) is 2.89. The highest BCUT2D eigenvalue weighted by atomic mass is 32.1. The van der Waals surface area contributed by atoms with Crippen LogP contribution in [-0.2, 0) is 11.3 Å². The van der Waals surface area contributed by atoms with Crippen molar-refractivity contribution in [2.45, 2.75) is 6.61 Å².